The Morgan fingerprint density at radius 3 is 2.57 bits per heavy atom. The second-order valence-electron chi connectivity index (χ2n) is 7.81. The highest BCUT2D eigenvalue weighted by molar-refractivity contribution is 5.72. The summed E-state index contributed by atoms with van der Waals surface area (Å²) in [5, 5.41) is 9.26. The average Bonchev–Trinajstić information content (AvgIpc) is 3.22. The van der Waals surface area contributed by atoms with Gasteiger partial charge in [-0.25, -0.2) is 6.57 Å². The highest BCUT2D eigenvalue weighted by Crippen LogP contribution is 2.42. The molecule has 2 fully saturated rings. The van der Waals surface area contributed by atoms with E-state index in [4.69, 9.17) is 16.0 Å². The highest BCUT2D eigenvalue weighted by atomic mass is 16.5. The third-order valence-electron chi connectivity index (χ3n) is 6.12. The van der Waals surface area contributed by atoms with Crippen LogP contribution in [-0.2, 0) is 10.3 Å². The number of hydrogen-bond donors (Lipinski definition) is 1. The number of nitrogens with zero attached hydrogens (tertiary/aromatic N) is 2. The summed E-state index contributed by atoms with van der Waals surface area (Å²) in [6.07, 6.45) is 5.96. The molecule has 1 aromatic rings. The molecule has 1 N–H and O–H groups in total. The molecule has 3 rings (SSSR count). The van der Waals surface area contributed by atoms with Gasteiger partial charge < -0.3 is 19.4 Å². The molecule has 0 amide bonds. The number of carboxylic acid groups (broad SMARTS) is 1. The van der Waals surface area contributed by atoms with Crippen LogP contribution >= 0.6 is 0 Å². The Balaban J connectivity index is 1.82. The molecular weight excluding hydrogens is 356 g/mol. The Bertz CT molecular complexity index is 729. The smallest absolute Gasteiger partial charge is 0.320 e. The first-order valence-corrected chi connectivity index (χ1v) is 10.3. The van der Waals surface area contributed by atoms with Crippen LogP contribution in [0.25, 0.3) is 4.85 Å². The number of rotatable bonds is 7. The van der Waals surface area contributed by atoms with Gasteiger partial charge in [-0.05, 0) is 57.7 Å². The van der Waals surface area contributed by atoms with Crippen LogP contribution in [0.2, 0.25) is 0 Å². The van der Waals surface area contributed by atoms with Crippen LogP contribution in [0.4, 0.5) is 0 Å². The van der Waals surface area contributed by atoms with Crippen molar-refractivity contribution in [2.24, 2.45) is 0 Å². The predicted molar refractivity (Wildman–Crippen MR) is 107 cm³/mol. The second kappa shape index (κ2) is 8.83. The largest absolute Gasteiger partial charge is 0.490 e. The van der Waals surface area contributed by atoms with E-state index in [2.05, 4.69) is 4.85 Å². The SMILES string of the molecule is [C-]#[N+]C1(c2ccc(OCC)c(OC3CCCC3)c2)CCN(C(C)C(=O)O)CC1. The molecular formula is C22H30N2O4. The molecule has 0 bridgehead atoms. The Morgan fingerprint density at radius 1 is 1.32 bits per heavy atom. The fourth-order valence-corrected chi connectivity index (χ4v) is 4.25. The molecule has 0 spiro atoms. The molecule has 1 aliphatic carbocycles. The van der Waals surface area contributed by atoms with Crippen molar-refractivity contribution in [3.05, 3.63) is 35.2 Å². The van der Waals surface area contributed by atoms with Crippen LogP contribution in [0.1, 0.15) is 57.9 Å². The van der Waals surface area contributed by atoms with Crippen LogP contribution in [0.3, 0.4) is 0 Å². The molecule has 1 saturated carbocycles. The summed E-state index contributed by atoms with van der Waals surface area (Å²) in [6, 6.07) is 5.35. The normalized spacial score (nSPS) is 21.0. The van der Waals surface area contributed by atoms with E-state index >= 15 is 0 Å². The first-order valence-electron chi connectivity index (χ1n) is 10.3. The van der Waals surface area contributed by atoms with Crippen molar-refractivity contribution in [2.75, 3.05) is 19.7 Å². The Morgan fingerprint density at radius 2 is 2.00 bits per heavy atom. The van der Waals surface area contributed by atoms with E-state index in [0.717, 1.165) is 29.9 Å². The van der Waals surface area contributed by atoms with Crippen LogP contribution < -0.4 is 9.47 Å². The van der Waals surface area contributed by atoms with Crippen LogP contribution in [0.15, 0.2) is 18.2 Å². The van der Waals surface area contributed by atoms with Gasteiger partial charge in [0.25, 0.3) is 5.54 Å². The zero-order valence-electron chi connectivity index (χ0n) is 16.8. The number of piperidine rings is 1. The van der Waals surface area contributed by atoms with Crippen molar-refractivity contribution in [3.8, 4) is 11.5 Å². The number of carbonyl (C=O) groups is 1. The fraction of sp³-hybridized carbons (Fsp3) is 0.636. The van der Waals surface area contributed by atoms with E-state index in [0.29, 0.717) is 32.5 Å². The molecule has 1 atom stereocenters. The zero-order chi connectivity index (χ0) is 20.1. The van der Waals surface area contributed by atoms with Crippen molar-refractivity contribution >= 4 is 5.97 Å². The first kappa shape index (κ1) is 20.5. The van der Waals surface area contributed by atoms with Crippen LogP contribution in [-0.4, -0.2) is 47.8 Å². The lowest BCUT2D eigenvalue weighted by Gasteiger charge is -2.36. The summed E-state index contributed by atoms with van der Waals surface area (Å²) in [7, 11) is 0. The van der Waals surface area contributed by atoms with Crippen molar-refractivity contribution in [1.82, 2.24) is 4.90 Å². The van der Waals surface area contributed by atoms with Crippen molar-refractivity contribution in [2.45, 2.75) is 70.1 Å². The number of aliphatic carboxylic acids is 1. The second-order valence-corrected chi connectivity index (χ2v) is 7.81. The van der Waals surface area contributed by atoms with Gasteiger partial charge in [0.1, 0.15) is 6.04 Å². The van der Waals surface area contributed by atoms with Gasteiger partial charge in [0.15, 0.2) is 11.5 Å². The molecule has 6 heteroatoms. The van der Waals surface area contributed by atoms with E-state index in [1.54, 1.807) is 6.92 Å². The summed E-state index contributed by atoms with van der Waals surface area (Å²) < 4.78 is 12.0. The third-order valence-corrected chi connectivity index (χ3v) is 6.12. The summed E-state index contributed by atoms with van der Waals surface area (Å²) in [4.78, 5) is 17.2. The molecule has 1 saturated heterocycles. The Labute approximate surface area is 167 Å². The lowest BCUT2D eigenvalue weighted by molar-refractivity contribution is -0.143. The fourth-order valence-electron chi connectivity index (χ4n) is 4.25. The van der Waals surface area contributed by atoms with Crippen molar-refractivity contribution in [3.63, 3.8) is 0 Å². The number of ether oxygens (including phenoxy) is 2. The minimum atomic E-state index is -0.816. The number of benzene rings is 1. The average molecular weight is 386 g/mol. The lowest BCUT2D eigenvalue weighted by atomic mass is 9.81. The first-order chi connectivity index (χ1) is 13.5. The minimum Gasteiger partial charge on any atom is -0.490 e. The lowest BCUT2D eigenvalue weighted by Crippen LogP contribution is -2.47. The van der Waals surface area contributed by atoms with E-state index in [-0.39, 0.29) is 6.10 Å². The van der Waals surface area contributed by atoms with Crippen molar-refractivity contribution < 1.29 is 19.4 Å². The Hall–Kier alpha value is -2.26. The molecule has 2 aliphatic rings. The molecule has 152 valence electrons. The van der Waals surface area contributed by atoms with E-state index < -0.39 is 17.6 Å². The number of hydrogen-bond acceptors (Lipinski definition) is 4. The topological polar surface area (TPSA) is 63.4 Å². The molecule has 1 aliphatic heterocycles. The molecule has 1 heterocycles. The van der Waals surface area contributed by atoms with Gasteiger partial charge in [0.2, 0.25) is 0 Å². The minimum absolute atomic E-state index is 0.219. The van der Waals surface area contributed by atoms with Gasteiger partial charge in [0.05, 0.1) is 12.7 Å². The van der Waals surface area contributed by atoms with E-state index in [9.17, 15) is 9.90 Å². The third kappa shape index (κ3) is 4.25. The van der Waals surface area contributed by atoms with Crippen molar-refractivity contribution in [1.29, 1.82) is 0 Å². The quantitative estimate of drug-likeness (QED) is 0.715. The van der Waals surface area contributed by atoms with Gasteiger partial charge >= 0.3 is 5.97 Å². The van der Waals surface area contributed by atoms with Gasteiger partial charge in [-0.2, -0.15) is 0 Å². The molecule has 1 unspecified atom stereocenters. The molecule has 6 nitrogen and oxygen atoms in total. The summed E-state index contributed by atoms with van der Waals surface area (Å²) >= 11 is 0. The van der Waals surface area contributed by atoms with Gasteiger partial charge in [-0.15, -0.1) is 0 Å². The highest BCUT2D eigenvalue weighted by Gasteiger charge is 2.44. The summed E-state index contributed by atoms with van der Waals surface area (Å²) in [6.45, 7) is 13.3. The standard InChI is InChI=1S/C22H30N2O4/c1-4-27-19-10-9-17(15-20(19)28-18-7-5-6-8-18)22(23-3)11-13-24(14-12-22)16(2)21(25)26/h9-10,15-16,18H,4-8,11-14H2,1-2H3,(H,25,26). The summed E-state index contributed by atoms with van der Waals surface area (Å²) in [5.41, 5.74) is 0.314. The number of carboxylic acids is 1. The maximum Gasteiger partial charge on any atom is 0.320 e. The maximum absolute atomic E-state index is 11.3. The van der Waals surface area contributed by atoms with Gasteiger partial charge in [0, 0.05) is 31.5 Å². The van der Waals surface area contributed by atoms with Gasteiger partial charge in [-0.1, -0.05) is 0 Å². The Kier molecular flexibility index (Phi) is 6.46. The van der Waals surface area contributed by atoms with Crippen LogP contribution in [0.5, 0.6) is 11.5 Å². The van der Waals surface area contributed by atoms with Crippen LogP contribution in [0, 0.1) is 6.57 Å². The molecule has 0 radical (unpaired) electrons. The summed E-state index contributed by atoms with van der Waals surface area (Å²) in [5.74, 6) is 0.648. The maximum atomic E-state index is 11.3. The van der Waals surface area contributed by atoms with E-state index in [1.165, 1.54) is 12.8 Å². The zero-order valence-corrected chi connectivity index (χ0v) is 16.8. The van der Waals surface area contributed by atoms with E-state index in [1.807, 2.05) is 30.0 Å². The monoisotopic (exact) mass is 386 g/mol. The van der Waals surface area contributed by atoms with Gasteiger partial charge in [-0.3, -0.25) is 9.69 Å². The molecule has 0 aromatic heterocycles. The molecule has 1 aromatic carbocycles. The molecule has 28 heavy (non-hydrogen) atoms. The predicted octanol–water partition coefficient (Wildman–Crippen LogP) is 4.09. The number of likely N-dealkylation sites (tertiary alicyclic amines) is 1.